The fraction of sp³-hybridized carbons (Fsp3) is 0.929. The van der Waals surface area contributed by atoms with E-state index >= 15 is 0 Å². The van der Waals surface area contributed by atoms with Crippen molar-refractivity contribution in [3.63, 3.8) is 0 Å². The largest absolute Gasteiger partial charge is 0.351 e. The van der Waals surface area contributed by atoms with Gasteiger partial charge >= 0.3 is 6.03 Å². The smallest absolute Gasteiger partial charge is 0.314 e. The number of carbonyl (C=O) groups excluding carboxylic acids is 1. The van der Waals surface area contributed by atoms with E-state index in [2.05, 4.69) is 13.8 Å². The van der Waals surface area contributed by atoms with Crippen LogP contribution >= 0.6 is 0 Å². The fourth-order valence-corrected chi connectivity index (χ4v) is 1.94. The molecule has 2 N–H and O–H groups in total. The number of nitrogens with zero attached hydrogens (tertiary/aromatic N) is 1. The molecule has 17 heavy (non-hydrogen) atoms. The van der Waals surface area contributed by atoms with Gasteiger partial charge < -0.3 is 10.6 Å². The average molecular weight is 242 g/mol. The van der Waals surface area contributed by atoms with Crippen LogP contribution in [0.5, 0.6) is 0 Å². The van der Waals surface area contributed by atoms with Crippen molar-refractivity contribution in [3.8, 4) is 0 Å². The molecule has 0 rings (SSSR count). The Labute approximate surface area is 107 Å². The van der Waals surface area contributed by atoms with Crippen LogP contribution < -0.4 is 5.73 Å². The highest BCUT2D eigenvalue weighted by atomic mass is 16.2. The number of carbonyl (C=O) groups is 1. The minimum atomic E-state index is -0.260. The van der Waals surface area contributed by atoms with Crippen molar-refractivity contribution in [2.75, 3.05) is 13.1 Å². The third-order valence-corrected chi connectivity index (χ3v) is 3.12. The number of urea groups is 1. The lowest BCUT2D eigenvalue weighted by Gasteiger charge is -2.19. The van der Waals surface area contributed by atoms with E-state index in [9.17, 15) is 4.79 Å². The molecular weight excluding hydrogens is 212 g/mol. The normalized spacial score (nSPS) is 10.5. The van der Waals surface area contributed by atoms with Gasteiger partial charge in [-0.15, -0.1) is 0 Å². The first kappa shape index (κ1) is 16.3. The van der Waals surface area contributed by atoms with Crippen LogP contribution in [0.4, 0.5) is 4.79 Å². The molecule has 0 aliphatic heterocycles. The molecule has 0 bridgehead atoms. The fourth-order valence-electron chi connectivity index (χ4n) is 1.94. The van der Waals surface area contributed by atoms with Crippen molar-refractivity contribution in [1.29, 1.82) is 0 Å². The first-order valence-electron chi connectivity index (χ1n) is 7.26. The van der Waals surface area contributed by atoms with Crippen LogP contribution in [0.1, 0.15) is 71.6 Å². The highest BCUT2D eigenvalue weighted by Gasteiger charge is 2.07. The maximum absolute atomic E-state index is 11.2. The number of hydrogen-bond acceptors (Lipinski definition) is 1. The summed E-state index contributed by atoms with van der Waals surface area (Å²) in [5.41, 5.74) is 5.34. The molecule has 0 aliphatic rings. The summed E-state index contributed by atoms with van der Waals surface area (Å²) in [5, 5.41) is 0. The molecule has 3 nitrogen and oxygen atoms in total. The van der Waals surface area contributed by atoms with Crippen LogP contribution in [0.15, 0.2) is 0 Å². The van der Waals surface area contributed by atoms with Gasteiger partial charge in [-0.2, -0.15) is 0 Å². The van der Waals surface area contributed by atoms with Gasteiger partial charge in [-0.1, -0.05) is 58.8 Å². The molecule has 0 radical (unpaired) electrons. The summed E-state index contributed by atoms with van der Waals surface area (Å²) in [6.07, 6.45) is 11.1. The minimum absolute atomic E-state index is 0.260. The van der Waals surface area contributed by atoms with Crippen LogP contribution in [0.3, 0.4) is 0 Å². The third kappa shape index (κ3) is 10.2. The van der Waals surface area contributed by atoms with E-state index in [1.54, 1.807) is 4.90 Å². The quantitative estimate of drug-likeness (QED) is 0.548. The van der Waals surface area contributed by atoms with Crippen molar-refractivity contribution in [2.45, 2.75) is 71.6 Å². The Morgan fingerprint density at radius 2 is 1.29 bits per heavy atom. The number of rotatable bonds is 11. The monoisotopic (exact) mass is 242 g/mol. The van der Waals surface area contributed by atoms with E-state index in [4.69, 9.17) is 5.73 Å². The second-order valence-corrected chi connectivity index (χ2v) is 4.80. The summed E-state index contributed by atoms with van der Waals surface area (Å²) < 4.78 is 0. The minimum Gasteiger partial charge on any atom is -0.351 e. The van der Waals surface area contributed by atoms with Crippen molar-refractivity contribution in [2.24, 2.45) is 5.73 Å². The molecule has 0 atom stereocenters. The predicted octanol–water partition coefficient (Wildman–Crippen LogP) is 3.92. The van der Waals surface area contributed by atoms with Crippen molar-refractivity contribution < 1.29 is 4.79 Å². The van der Waals surface area contributed by atoms with Crippen LogP contribution in [0.25, 0.3) is 0 Å². The molecule has 0 heterocycles. The van der Waals surface area contributed by atoms with Gasteiger partial charge in [0.25, 0.3) is 0 Å². The molecule has 0 aromatic rings. The summed E-state index contributed by atoms with van der Waals surface area (Å²) in [7, 11) is 0. The molecule has 0 saturated carbocycles. The molecule has 0 unspecified atom stereocenters. The molecule has 0 saturated heterocycles. The zero-order valence-electron chi connectivity index (χ0n) is 11.7. The standard InChI is InChI=1S/C14H30N2O/c1-3-5-7-8-9-10-11-13-16(14(15)17)12-6-4-2/h3-13H2,1-2H3,(H2,15,17). The molecule has 0 aromatic carbocycles. The second kappa shape index (κ2) is 11.7. The summed E-state index contributed by atoms with van der Waals surface area (Å²) in [4.78, 5) is 12.9. The van der Waals surface area contributed by atoms with Crippen LogP contribution in [-0.2, 0) is 0 Å². The predicted molar refractivity (Wildman–Crippen MR) is 74.1 cm³/mol. The van der Waals surface area contributed by atoms with Crippen LogP contribution in [0, 0.1) is 0 Å². The summed E-state index contributed by atoms with van der Waals surface area (Å²) in [6.45, 7) is 6.02. The van der Waals surface area contributed by atoms with Gasteiger partial charge in [0.1, 0.15) is 0 Å². The van der Waals surface area contributed by atoms with E-state index in [1.807, 2.05) is 0 Å². The van der Waals surface area contributed by atoms with Gasteiger partial charge in [0.05, 0.1) is 0 Å². The second-order valence-electron chi connectivity index (χ2n) is 4.80. The Hall–Kier alpha value is -0.730. The first-order valence-corrected chi connectivity index (χ1v) is 7.26. The van der Waals surface area contributed by atoms with E-state index in [0.29, 0.717) is 0 Å². The Morgan fingerprint density at radius 3 is 1.82 bits per heavy atom. The maximum Gasteiger partial charge on any atom is 0.314 e. The zero-order chi connectivity index (χ0) is 12.9. The van der Waals surface area contributed by atoms with E-state index in [-0.39, 0.29) is 6.03 Å². The Bertz CT molecular complexity index is 183. The topological polar surface area (TPSA) is 46.3 Å². The van der Waals surface area contributed by atoms with Gasteiger partial charge in [-0.25, -0.2) is 4.79 Å². The van der Waals surface area contributed by atoms with Gasteiger partial charge in [0.2, 0.25) is 0 Å². The number of nitrogens with two attached hydrogens (primary N) is 1. The molecule has 2 amide bonds. The maximum atomic E-state index is 11.2. The molecule has 0 fully saturated rings. The van der Waals surface area contributed by atoms with Gasteiger partial charge in [-0.05, 0) is 12.8 Å². The highest BCUT2D eigenvalue weighted by molar-refractivity contribution is 5.71. The molecule has 102 valence electrons. The third-order valence-electron chi connectivity index (χ3n) is 3.12. The molecule has 3 heteroatoms. The molecule has 0 aliphatic carbocycles. The Balaban J connectivity index is 3.44. The lowest BCUT2D eigenvalue weighted by Crippen LogP contribution is -2.37. The average Bonchev–Trinajstić information content (AvgIpc) is 2.31. The zero-order valence-corrected chi connectivity index (χ0v) is 11.7. The van der Waals surface area contributed by atoms with Gasteiger partial charge in [0.15, 0.2) is 0 Å². The molecule has 0 aromatic heterocycles. The summed E-state index contributed by atoms with van der Waals surface area (Å²) >= 11 is 0. The lowest BCUT2D eigenvalue weighted by atomic mass is 10.1. The van der Waals surface area contributed by atoms with Gasteiger partial charge in [0, 0.05) is 13.1 Å². The summed E-state index contributed by atoms with van der Waals surface area (Å²) in [5.74, 6) is 0. The number of amides is 2. The first-order chi connectivity index (χ1) is 8.22. The van der Waals surface area contributed by atoms with Crippen molar-refractivity contribution in [1.82, 2.24) is 4.90 Å². The van der Waals surface area contributed by atoms with Gasteiger partial charge in [-0.3, -0.25) is 0 Å². The van der Waals surface area contributed by atoms with Crippen molar-refractivity contribution in [3.05, 3.63) is 0 Å². The Kier molecular flexibility index (Phi) is 11.2. The van der Waals surface area contributed by atoms with E-state index < -0.39 is 0 Å². The summed E-state index contributed by atoms with van der Waals surface area (Å²) in [6, 6.07) is -0.260. The van der Waals surface area contributed by atoms with E-state index in [0.717, 1.165) is 32.4 Å². The van der Waals surface area contributed by atoms with Crippen LogP contribution in [0.2, 0.25) is 0 Å². The van der Waals surface area contributed by atoms with Crippen molar-refractivity contribution >= 4 is 6.03 Å². The van der Waals surface area contributed by atoms with Crippen LogP contribution in [-0.4, -0.2) is 24.0 Å². The highest BCUT2D eigenvalue weighted by Crippen LogP contribution is 2.07. The number of hydrogen-bond donors (Lipinski definition) is 1. The molecular formula is C14H30N2O. The number of unbranched alkanes of at least 4 members (excludes halogenated alkanes) is 7. The SMILES string of the molecule is CCCCCCCCCN(CCCC)C(N)=O. The molecule has 0 spiro atoms. The lowest BCUT2D eigenvalue weighted by molar-refractivity contribution is 0.205. The van der Waals surface area contributed by atoms with E-state index in [1.165, 1.54) is 38.5 Å². The Morgan fingerprint density at radius 1 is 0.824 bits per heavy atom. The number of primary amides is 1.